The molecule has 5 heteroatoms. The van der Waals surface area contributed by atoms with Crippen LogP contribution >= 0.6 is 15.9 Å². The number of rotatable bonds is 2. The molecular weight excluding hydrogens is 250 g/mol. The zero-order valence-electron chi connectivity index (χ0n) is 8.13. The van der Waals surface area contributed by atoms with Gasteiger partial charge in [0.1, 0.15) is 5.56 Å². The van der Waals surface area contributed by atoms with Crippen LogP contribution in [-0.2, 0) is 4.74 Å². The molecule has 0 aliphatic heterocycles. The highest BCUT2D eigenvalue weighted by Crippen LogP contribution is 2.26. The summed E-state index contributed by atoms with van der Waals surface area (Å²) >= 11 is 3.28. The number of pyridine rings is 1. The molecule has 4 nitrogen and oxygen atoms in total. The molecule has 0 atom stereocenters. The minimum atomic E-state index is -0.451. The Morgan fingerprint density at radius 3 is 2.64 bits per heavy atom. The van der Waals surface area contributed by atoms with Crippen LogP contribution in [0, 0.1) is 6.92 Å². The van der Waals surface area contributed by atoms with Gasteiger partial charge in [-0.2, -0.15) is 0 Å². The predicted octanol–water partition coefficient (Wildman–Crippen LogP) is 1.95. The van der Waals surface area contributed by atoms with Crippen LogP contribution in [0.1, 0.15) is 15.9 Å². The molecule has 1 rings (SSSR count). The molecule has 0 radical (unpaired) electrons. The van der Waals surface area contributed by atoms with Gasteiger partial charge in [-0.3, -0.25) is 0 Å². The number of esters is 1. The molecule has 0 saturated carbocycles. The second-order valence-electron chi connectivity index (χ2n) is 2.61. The molecular formula is C9H10BrNO3. The van der Waals surface area contributed by atoms with Gasteiger partial charge in [-0.1, -0.05) is 0 Å². The SMILES string of the molecule is COC(=O)c1c(OC)ncc(Br)c1C. The van der Waals surface area contributed by atoms with Gasteiger partial charge in [0.2, 0.25) is 5.88 Å². The van der Waals surface area contributed by atoms with Crippen molar-refractivity contribution in [3.05, 3.63) is 21.8 Å². The van der Waals surface area contributed by atoms with Gasteiger partial charge < -0.3 is 9.47 Å². The van der Waals surface area contributed by atoms with Crippen molar-refractivity contribution < 1.29 is 14.3 Å². The molecule has 0 aliphatic carbocycles. The van der Waals surface area contributed by atoms with Crippen molar-refractivity contribution in [3.8, 4) is 5.88 Å². The summed E-state index contributed by atoms with van der Waals surface area (Å²) < 4.78 is 10.4. The van der Waals surface area contributed by atoms with Gasteiger partial charge >= 0.3 is 5.97 Å². The smallest absolute Gasteiger partial charge is 0.343 e. The van der Waals surface area contributed by atoms with E-state index in [1.165, 1.54) is 14.2 Å². The molecule has 0 fully saturated rings. The third-order valence-electron chi connectivity index (χ3n) is 1.83. The van der Waals surface area contributed by atoms with Gasteiger partial charge in [0.05, 0.1) is 14.2 Å². The number of hydrogen-bond donors (Lipinski definition) is 0. The molecule has 76 valence electrons. The Bertz CT molecular complexity index is 365. The lowest BCUT2D eigenvalue weighted by Crippen LogP contribution is -2.08. The maximum absolute atomic E-state index is 11.4. The van der Waals surface area contributed by atoms with Gasteiger partial charge in [-0.25, -0.2) is 9.78 Å². The zero-order chi connectivity index (χ0) is 10.7. The number of carbonyl (C=O) groups is 1. The number of aromatic nitrogens is 1. The van der Waals surface area contributed by atoms with Crippen LogP contribution < -0.4 is 4.74 Å². The number of carbonyl (C=O) groups excluding carboxylic acids is 1. The van der Waals surface area contributed by atoms with E-state index in [9.17, 15) is 4.79 Å². The minimum Gasteiger partial charge on any atom is -0.480 e. The molecule has 0 unspecified atom stereocenters. The van der Waals surface area contributed by atoms with E-state index in [0.717, 1.165) is 10.0 Å². The van der Waals surface area contributed by atoms with E-state index < -0.39 is 5.97 Å². The maximum atomic E-state index is 11.4. The number of methoxy groups -OCH3 is 2. The number of nitrogens with zero attached hydrogens (tertiary/aromatic N) is 1. The van der Waals surface area contributed by atoms with Crippen LogP contribution in [0.4, 0.5) is 0 Å². The third-order valence-corrected chi connectivity index (χ3v) is 2.62. The van der Waals surface area contributed by atoms with Gasteiger partial charge in [0, 0.05) is 10.7 Å². The highest BCUT2D eigenvalue weighted by molar-refractivity contribution is 9.10. The molecule has 0 bridgehead atoms. The van der Waals surface area contributed by atoms with Crippen molar-refractivity contribution in [2.75, 3.05) is 14.2 Å². The van der Waals surface area contributed by atoms with E-state index in [0.29, 0.717) is 5.56 Å². The van der Waals surface area contributed by atoms with Gasteiger partial charge in [-0.05, 0) is 28.4 Å². The molecule has 0 aromatic carbocycles. The van der Waals surface area contributed by atoms with Crippen LogP contribution in [-0.4, -0.2) is 25.2 Å². The van der Waals surface area contributed by atoms with Gasteiger partial charge in [-0.15, -0.1) is 0 Å². The first-order chi connectivity index (χ1) is 6.61. The molecule has 1 heterocycles. The molecule has 1 aromatic heterocycles. The average Bonchev–Trinajstić information content (AvgIpc) is 2.20. The summed E-state index contributed by atoms with van der Waals surface area (Å²) in [6, 6.07) is 0. The topological polar surface area (TPSA) is 48.4 Å². The number of hydrogen-bond acceptors (Lipinski definition) is 4. The number of halogens is 1. The monoisotopic (exact) mass is 259 g/mol. The molecule has 0 amide bonds. The van der Waals surface area contributed by atoms with Crippen molar-refractivity contribution in [1.29, 1.82) is 0 Å². The predicted molar refractivity (Wildman–Crippen MR) is 54.6 cm³/mol. The first-order valence-electron chi connectivity index (χ1n) is 3.89. The summed E-state index contributed by atoms with van der Waals surface area (Å²) in [5.41, 5.74) is 1.10. The fourth-order valence-corrected chi connectivity index (χ4v) is 1.35. The van der Waals surface area contributed by atoms with E-state index in [4.69, 9.17) is 4.74 Å². The van der Waals surface area contributed by atoms with E-state index >= 15 is 0 Å². The maximum Gasteiger partial charge on any atom is 0.343 e. The fraction of sp³-hybridized carbons (Fsp3) is 0.333. The van der Waals surface area contributed by atoms with Crippen molar-refractivity contribution in [3.63, 3.8) is 0 Å². The van der Waals surface area contributed by atoms with Crippen molar-refractivity contribution in [1.82, 2.24) is 4.98 Å². The Morgan fingerprint density at radius 1 is 1.50 bits per heavy atom. The summed E-state index contributed by atoms with van der Waals surface area (Å²) in [5.74, 6) is -0.175. The second kappa shape index (κ2) is 4.41. The highest BCUT2D eigenvalue weighted by Gasteiger charge is 2.18. The average molecular weight is 260 g/mol. The van der Waals surface area contributed by atoms with Crippen molar-refractivity contribution in [2.24, 2.45) is 0 Å². The molecule has 14 heavy (non-hydrogen) atoms. The quantitative estimate of drug-likeness (QED) is 0.762. The Labute approximate surface area is 90.4 Å². The van der Waals surface area contributed by atoms with Crippen LogP contribution in [0.3, 0.4) is 0 Å². The molecule has 0 aliphatic rings. The summed E-state index contributed by atoms with van der Waals surface area (Å²) in [4.78, 5) is 15.4. The minimum absolute atomic E-state index is 0.276. The first kappa shape index (κ1) is 11.0. The Kier molecular flexibility index (Phi) is 3.46. The first-order valence-corrected chi connectivity index (χ1v) is 4.68. The van der Waals surface area contributed by atoms with E-state index in [-0.39, 0.29) is 5.88 Å². The van der Waals surface area contributed by atoms with Crippen LogP contribution in [0.25, 0.3) is 0 Å². The number of ether oxygens (including phenoxy) is 2. The lowest BCUT2D eigenvalue weighted by atomic mass is 10.1. The summed E-state index contributed by atoms with van der Waals surface area (Å²) in [6.45, 7) is 1.79. The highest BCUT2D eigenvalue weighted by atomic mass is 79.9. The Morgan fingerprint density at radius 2 is 2.14 bits per heavy atom. The molecule has 0 N–H and O–H groups in total. The van der Waals surface area contributed by atoms with Gasteiger partial charge in [0.15, 0.2) is 0 Å². The lowest BCUT2D eigenvalue weighted by Gasteiger charge is -2.09. The van der Waals surface area contributed by atoms with E-state index in [1.54, 1.807) is 13.1 Å². The summed E-state index contributed by atoms with van der Waals surface area (Å²) in [5, 5.41) is 0. The molecule has 0 saturated heterocycles. The fourth-order valence-electron chi connectivity index (χ4n) is 1.05. The summed E-state index contributed by atoms with van der Waals surface area (Å²) in [6.07, 6.45) is 1.58. The van der Waals surface area contributed by atoms with E-state index in [1.807, 2.05) is 0 Å². The van der Waals surface area contributed by atoms with Crippen molar-refractivity contribution >= 4 is 21.9 Å². The Hall–Kier alpha value is -1.10. The largest absolute Gasteiger partial charge is 0.480 e. The standard InChI is InChI=1S/C9H10BrNO3/c1-5-6(10)4-11-8(13-2)7(5)9(12)14-3/h4H,1-3H3. The molecule has 0 spiro atoms. The Balaban J connectivity index is 3.35. The summed E-state index contributed by atoms with van der Waals surface area (Å²) in [7, 11) is 2.78. The third kappa shape index (κ3) is 1.87. The van der Waals surface area contributed by atoms with Crippen LogP contribution in [0.5, 0.6) is 5.88 Å². The molecule has 1 aromatic rings. The van der Waals surface area contributed by atoms with E-state index in [2.05, 4.69) is 25.7 Å². The normalized spacial score (nSPS) is 9.71. The second-order valence-corrected chi connectivity index (χ2v) is 3.46. The van der Waals surface area contributed by atoms with Crippen LogP contribution in [0.15, 0.2) is 10.7 Å². The lowest BCUT2D eigenvalue weighted by molar-refractivity contribution is 0.0595. The van der Waals surface area contributed by atoms with Crippen molar-refractivity contribution in [2.45, 2.75) is 6.92 Å². The van der Waals surface area contributed by atoms with Crippen LogP contribution in [0.2, 0.25) is 0 Å². The zero-order valence-corrected chi connectivity index (χ0v) is 9.71. The van der Waals surface area contributed by atoms with Gasteiger partial charge in [0.25, 0.3) is 0 Å².